The molecule has 0 aromatic heterocycles. The van der Waals surface area contributed by atoms with E-state index in [1.807, 2.05) is 21.1 Å². The number of aliphatic hydroxyl groups excluding tert-OH is 1. The largest absolute Gasteiger partial charge is 0.756 e. The molecular formula is C61H125N2O6P. The molecule has 70 heavy (non-hydrogen) atoms. The molecular weight excluding hydrogens is 888 g/mol. The third-order valence-corrected chi connectivity index (χ3v) is 15.8. The molecule has 0 aliphatic heterocycles. The Balaban J connectivity index is 4.07. The number of nitrogens with one attached hydrogen (secondary N) is 1. The van der Waals surface area contributed by atoms with E-state index in [4.69, 9.17) is 9.05 Å². The predicted molar refractivity (Wildman–Crippen MR) is 303 cm³/mol. The molecule has 8 nitrogen and oxygen atoms in total. The fourth-order valence-corrected chi connectivity index (χ4v) is 10.7. The minimum absolute atomic E-state index is 0.0168. The van der Waals surface area contributed by atoms with Crippen LogP contribution in [0.4, 0.5) is 0 Å². The summed E-state index contributed by atoms with van der Waals surface area (Å²) >= 11 is 0. The first-order valence-corrected chi connectivity index (χ1v) is 32.8. The molecule has 1 amide bonds. The molecule has 0 rings (SSSR count). The number of hydrogen-bond donors (Lipinski definition) is 2. The molecule has 0 bridgehead atoms. The Hall–Kier alpha value is -0.500. The van der Waals surface area contributed by atoms with Crippen molar-refractivity contribution in [2.45, 2.75) is 347 Å². The van der Waals surface area contributed by atoms with Crippen LogP contribution in [0.1, 0.15) is 335 Å². The average molecular weight is 1010 g/mol. The van der Waals surface area contributed by atoms with Crippen LogP contribution in [0.3, 0.4) is 0 Å². The van der Waals surface area contributed by atoms with Crippen LogP contribution in [0.25, 0.3) is 0 Å². The van der Waals surface area contributed by atoms with Crippen molar-refractivity contribution in [2.24, 2.45) is 0 Å². The number of carbonyl (C=O) groups is 1. The quantitative estimate of drug-likeness (QED) is 0.0357. The van der Waals surface area contributed by atoms with Gasteiger partial charge in [-0.05, 0) is 12.8 Å². The standard InChI is InChI=1S/C61H125N2O6P/c1-6-8-10-12-14-16-18-20-22-24-26-28-30-31-33-35-37-39-41-43-45-47-49-51-53-55-61(65)62-59(58-69-70(66,67)68-57-56-63(3,4)5)60(64)54-52-50-48-46-44-42-40-38-36-34-32-29-27-25-23-21-19-17-15-13-11-9-7-2/h59-60,64H,6-58H2,1-5H3,(H-,62,65,66,67). The zero-order valence-electron chi connectivity index (χ0n) is 48.0. The summed E-state index contributed by atoms with van der Waals surface area (Å²) in [4.78, 5) is 25.6. The van der Waals surface area contributed by atoms with Crippen molar-refractivity contribution in [1.82, 2.24) is 5.32 Å². The zero-order valence-corrected chi connectivity index (χ0v) is 48.9. The Morgan fingerprint density at radius 3 is 0.971 bits per heavy atom. The van der Waals surface area contributed by atoms with Crippen LogP contribution in [0.2, 0.25) is 0 Å². The van der Waals surface area contributed by atoms with E-state index in [0.717, 1.165) is 38.5 Å². The van der Waals surface area contributed by atoms with Gasteiger partial charge in [0.05, 0.1) is 39.9 Å². The van der Waals surface area contributed by atoms with Crippen LogP contribution in [0.5, 0.6) is 0 Å². The summed E-state index contributed by atoms with van der Waals surface area (Å²) in [7, 11) is 1.33. The van der Waals surface area contributed by atoms with E-state index in [-0.39, 0.29) is 19.1 Å². The van der Waals surface area contributed by atoms with Crippen molar-refractivity contribution in [3.8, 4) is 0 Å². The second kappa shape index (κ2) is 53.3. The summed E-state index contributed by atoms with van der Waals surface area (Å²) in [5.74, 6) is -0.155. The number of rotatable bonds is 59. The highest BCUT2D eigenvalue weighted by Gasteiger charge is 2.24. The van der Waals surface area contributed by atoms with Gasteiger partial charge in [-0.1, -0.05) is 316 Å². The Labute approximate surface area is 438 Å². The SMILES string of the molecule is CCCCCCCCCCCCCCCCCCCCCCCCCCCC(=O)NC(COP(=O)([O-])OCC[N+](C)(C)C)C(O)CCCCCCCCCCCCCCCCCCCCCCCCC. The second-order valence-corrected chi connectivity index (χ2v) is 24.5. The van der Waals surface area contributed by atoms with Gasteiger partial charge in [0.25, 0.3) is 7.82 Å². The first-order valence-electron chi connectivity index (χ1n) is 31.4. The highest BCUT2D eigenvalue weighted by molar-refractivity contribution is 7.45. The van der Waals surface area contributed by atoms with Gasteiger partial charge in [-0.25, -0.2) is 0 Å². The Bertz CT molecular complexity index is 1100. The number of amides is 1. The summed E-state index contributed by atoms with van der Waals surface area (Å²) in [5, 5.41) is 14.1. The Morgan fingerprint density at radius 1 is 0.443 bits per heavy atom. The molecule has 2 N–H and O–H groups in total. The molecule has 0 spiro atoms. The van der Waals surface area contributed by atoms with E-state index in [9.17, 15) is 19.4 Å². The van der Waals surface area contributed by atoms with Crippen LogP contribution >= 0.6 is 7.82 Å². The number of carbonyl (C=O) groups excluding carboxylic acids is 1. The Morgan fingerprint density at radius 2 is 0.700 bits per heavy atom. The highest BCUT2D eigenvalue weighted by Crippen LogP contribution is 2.38. The van der Waals surface area contributed by atoms with Gasteiger partial charge in [-0.15, -0.1) is 0 Å². The molecule has 3 unspecified atom stereocenters. The number of nitrogens with zero attached hydrogens (tertiary/aromatic N) is 1. The van der Waals surface area contributed by atoms with Gasteiger partial charge < -0.3 is 28.8 Å². The molecule has 0 heterocycles. The van der Waals surface area contributed by atoms with Crippen LogP contribution in [0.15, 0.2) is 0 Å². The van der Waals surface area contributed by atoms with E-state index in [1.165, 1.54) is 270 Å². The molecule has 9 heteroatoms. The molecule has 420 valence electrons. The first-order chi connectivity index (χ1) is 34.0. The maximum atomic E-state index is 13.0. The van der Waals surface area contributed by atoms with Crippen LogP contribution < -0.4 is 10.2 Å². The number of hydrogen-bond acceptors (Lipinski definition) is 6. The fraction of sp³-hybridized carbons (Fsp3) is 0.984. The van der Waals surface area contributed by atoms with Crippen molar-refractivity contribution in [3.05, 3.63) is 0 Å². The van der Waals surface area contributed by atoms with Crippen molar-refractivity contribution in [2.75, 3.05) is 40.9 Å². The zero-order chi connectivity index (χ0) is 51.3. The topological polar surface area (TPSA) is 108 Å². The van der Waals surface area contributed by atoms with Gasteiger partial charge in [0, 0.05) is 6.42 Å². The molecule has 0 aromatic carbocycles. The summed E-state index contributed by atoms with van der Waals surface area (Å²) < 4.78 is 23.5. The van der Waals surface area contributed by atoms with E-state index in [1.54, 1.807) is 0 Å². The van der Waals surface area contributed by atoms with Gasteiger partial charge >= 0.3 is 0 Å². The lowest BCUT2D eigenvalue weighted by atomic mass is 10.0. The van der Waals surface area contributed by atoms with E-state index >= 15 is 0 Å². The molecule has 0 radical (unpaired) electrons. The lowest BCUT2D eigenvalue weighted by Crippen LogP contribution is -2.46. The third-order valence-electron chi connectivity index (χ3n) is 14.8. The van der Waals surface area contributed by atoms with Gasteiger partial charge in [0.2, 0.25) is 5.91 Å². The van der Waals surface area contributed by atoms with Crippen LogP contribution in [-0.2, 0) is 18.4 Å². The van der Waals surface area contributed by atoms with Gasteiger partial charge in [-0.3, -0.25) is 9.36 Å². The number of likely N-dealkylation sites (N-methyl/N-ethyl adjacent to an activating group) is 1. The van der Waals surface area contributed by atoms with Crippen molar-refractivity contribution in [1.29, 1.82) is 0 Å². The monoisotopic (exact) mass is 1010 g/mol. The molecule has 0 saturated carbocycles. The average Bonchev–Trinajstić information content (AvgIpc) is 3.32. The van der Waals surface area contributed by atoms with Crippen LogP contribution in [-0.4, -0.2) is 68.5 Å². The highest BCUT2D eigenvalue weighted by atomic mass is 31.2. The maximum Gasteiger partial charge on any atom is 0.268 e. The minimum atomic E-state index is -4.57. The minimum Gasteiger partial charge on any atom is -0.756 e. The van der Waals surface area contributed by atoms with Crippen LogP contribution in [0, 0.1) is 0 Å². The van der Waals surface area contributed by atoms with Crippen molar-refractivity contribution < 1.29 is 32.9 Å². The molecule has 0 saturated heterocycles. The number of phosphoric ester groups is 1. The molecule has 3 atom stereocenters. The fourth-order valence-electron chi connectivity index (χ4n) is 9.93. The van der Waals surface area contributed by atoms with E-state index in [0.29, 0.717) is 23.9 Å². The smallest absolute Gasteiger partial charge is 0.268 e. The van der Waals surface area contributed by atoms with Gasteiger partial charge in [-0.2, -0.15) is 0 Å². The number of unbranched alkanes of at least 4 members (excludes halogenated alkanes) is 46. The molecule has 0 aliphatic rings. The molecule has 0 fully saturated rings. The lowest BCUT2D eigenvalue weighted by molar-refractivity contribution is -0.870. The van der Waals surface area contributed by atoms with Gasteiger partial charge in [0.1, 0.15) is 13.2 Å². The Kier molecular flexibility index (Phi) is 52.9. The second-order valence-electron chi connectivity index (χ2n) is 23.1. The normalized spacial score (nSPS) is 13.8. The van der Waals surface area contributed by atoms with Gasteiger partial charge in [0.15, 0.2) is 0 Å². The number of aliphatic hydroxyl groups is 1. The van der Waals surface area contributed by atoms with E-state index < -0.39 is 20.0 Å². The molecule has 0 aromatic rings. The summed E-state index contributed by atoms with van der Waals surface area (Å²) in [6.07, 6.45) is 64.3. The molecule has 0 aliphatic carbocycles. The number of quaternary nitrogens is 1. The number of phosphoric acid groups is 1. The summed E-state index contributed by atoms with van der Waals surface area (Å²) in [6.45, 7) is 4.79. The predicted octanol–water partition coefficient (Wildman–Crippen LogP) is 18.6. The summed E-state index contributed by atoms with van der Waals surface area (Å²) in [5.41, 5.74) is 0. The van der Waals surface area contributed by atoms with Crippen molar-refractivity contribution >= 4 is 13.7 Å². The third kappa shape index (κ3) is 55.3. The lowest BCUT2D eigenvalue weighted by Gasteiger charge is -2.30. The van der Waals surface area contributed by atoms with E-state index in [2.05, 4.69) is 19.2 Å². The maximum absolute atomic E-state index is 13.0. The van der Waals surface area contributed by atoms with Crippen molar-refractivity contribution in [3.63, 3.8) is 0 Å². The first kappa shape index (κ1) is 69.5. The summed E-state index contributed by atoms with van der Waals surface area (Å²) in [6, 6.07) is -0.796.